The van der Waals surface area contributed by atoms with Gasteiger partial charge in [0.15, 0.2) is 0 Å². The Morgan fingerprint density at radius 1 is 1.22 bits per heavy atom. The van der Waals surface area contributed by atoms with Crippen LogP contribution in [0.1, 0.15) is 18.4 Å². The molecule has 1 saturated heterocycles. The van der Waals surface area contributed by atoms with Crippen LogP contribution in [0, 0.1) is 39.2 Å². The van der Waals surface area contributed by atoms with Gasteiger partial charge in [-0.3, -0.25) is 19.7 Å². The van der Waals surface area contributed by atoms with Crippen molar-refractivity contribution < 1.29 is 19.6 Å². The molecule has 1 aromatic carbocycles. The third-order valence-corrected chi connectivity index (χ3v) is 6.88. The Hall–Kier alpha value is -2.55. The number of fused-ring (bicyclic) bond motifs is 3. The molecular weight excluding hydrogens is 418 g/mol. The third kappa shape index (κ3) is 2.06. The number of allylic oxidation sites excluding steroid dienone is 2. The van der Waals surface area contributed by atoms with Gasteiger partial charge in [0.2, 0.25) is 5.75 Å². The van der Waals surface area contributed by atoms with Crippen LogP contribution in [-0.2, 0) is 9.59 Å². The molecule has 0 unspecified atom stereocenters. The van der Waals surface area contributed by atoms with Gasteiger partial charge in [0.1, 0.15) is 0 Å². The number of hydrogen-bond acceptors (Lipinski definition) is 6. The molecule has 1 aliphatic heterocycles. The molecule has 3 fully saturated rings. The van der Waals surface area contributed by atoms with E-state index in [1.54, 1.807) is 0 Å². The largest absolute Gasteiger partial charge is 0.502 e. The highest BCUT2D eigenvalue weighted by atomic mass is 79.9. The van der Waals surface area contributed by atoms with Crippen molar-refractivity contribution in [3.05, 3.63) is 44.4 Å². The Labute approximate surface area is 161 Å². The first-order valence-corrected chi connectivity index (χ1v) is 9.41. The quantitative estimate of drug-likeness (QED) is 0.259. The minimum atomic E-state index is -0.716. The van der Waals surface area contributed by atoms with Gasteiger partial charge in [-0.1, -0.05) is 28.1 Å². The summed E-state index contributed by atoms with van der Waals surface area (Å²) in [4.78, 5) is 36.0. The molecule has 8 nitrogen and oxygen atoms in total. The average Bonchev–Trinajstić information content (AvgIpc) is 3.22. The van der Waals surface area contributed by atoms with E-state index in [2.05, 4.69) is 33.2 Å². The number of imide groups is 1. The highest BCUT2D eigenvalue weighted by molar-refractivity contribution is 9.10. The summed E-state index contributed by atoms with van der Waals surface area (Å²) in [7, 11) is 0. The lowest BCUT2D eigenvalue weighted by Crippen LogP contribution is -2.30. The van der Waals surface area contributed by atoms with Crippen molar-refractivity contribution in [1.29, 1.82) is 0 Å². The number of carbonyl (C=O) groups is 2. The second-order valence-electron chi connectivity index (χ2n) is 7.57. The standard InChI is InChI=1S/C18H14BrN3O5/c19-9-5-8(15(23)12(6-9)22(26)27)7-20-21-16(24)13-10-1-2-11(14(13)17(21)25)18(10)3-4-18/h1-2,5-7,10-11,13-14,23H,3-4H2/b20-7-/t10-,11-,13-,14-/m1/s1. The summed E-state index contributed by atoms with van der Waals surface area (Å²) in [6, 6.07) is 2.60. The van der Waals surface area contributed by atoms with Crippen molar-refractivity contribution in [3.8, 4) is 5.75 Å². The van der Waals surface area contributed by atoms with Crippen molar-refractivity contribution in [1.82, 2.24) is 5.01 Å². The zero-order valence-electron chi connectivity index (χ0n) is 13.9. The maximum absolute atomic E-state index is 12.8. The first kappa shape index (κ1) is 16.6. The van der Waals surface area contributed by atoms with E-state index < -0.39 is 16.4 Å². The zero-order valence-corrected chi connectivity index (χ0v) is 15.5. The summed E-state index contributed by atoms with van der Waals surface area (Å²) in [6.07, 6.45) is 7.37. The number of nitrogens with zero attached hydrogens (tertiary/aromatic N) is 3. The summed E-state index contributed by atoms with van der Waals surface area (Å²) < 4.78 is 0.377. The van der Waals surface area contributed by atoms with E-state index >= 15 is 0 Å². The Morgan fingerprint density at radius 3 is 2.33 bits per heavy atom. The molecule has 4 aliphatic rings. The van der Waals surface area contributed by atoms with E-state index in [1.807, 2.05) is 0 Å². The first-order chi connectivity index (χ1) is 12.8. The molecule has 0 aromatic heterocycles. The van der Waals surface area contributed by atoms with E-state index in [0.717, 1.165) is 24.1 Å². The number of aromatic hydroxyl groups is 1. The fraction of sp³-hybridized carbons (Fsp3) is 0.389. The fourth-order valence-electron chi connectivity index (χ4n) is 5.14. The molecule has 1 aromatic rings. The van der Waals surface area contributed by atoms with E-state index in [9.17, 15) is 24.8 Å². The molecule has 4 atom stereocenters. The second kappa shape index (κ2) is 5.25. The van der Waals surface area contributed by atoms with Crippen molar-refractivity contribution in [2.24, 2.45) is 34.2 Å². The van der Waals surface area contributed by atoms with Crippen LogP contribution in [0.5, 0.6) is 5.75 Å². The third-order valence-electron chi connectivity index (χ3n) is 6.42. The number of hydrazone groups is 1. The summed E-state index contributed by atoms with van der Waals surface area (Å²) in [6.45, 7) is 0. The molecule has 1 spiro atoms. The Bertz CT molecular complexity index is 949. The van der Waals surface area contributed by atoms with E-state index in [4.69, 9.17) is 0 Å². The zero-order chi connectivity index (χ0) is 19.1. The molecule has 1 N–H and O–H groups in total. The van der Waals surface area contributed by atoms with Crippen LogP contribution in [0.2, 0.25) is 0 Å². The number of carbonyl (C=O) groups excluding carboxylic acids is 2. The van der Waals surface area contributed by atoms with Gasteiger partial charge in [-0.15, -0.1) is 0 Å². The van der Waals surface area contributed by atoms with Crippen molar-refractivity contribution in [2.45, 2.75) is 12.8 Å². The molecule has 2 amide bonds. The molecule has 27 heavy (non-hydrogen) atoms. The van der Waals surface area contributed by atoms with Crippen molar-refractivity contribution in [2.75, 3.05) is 0 Å². The van der Waals surface area contributed by atoms with Crippen LogP contribution in [0.4, 0.5) is 5.69 Å². The van der Waals surface area contributed by atoms with Gasteiger partial charge in [-0.2, -0.15) is 10.1 Å². The van der Waals surface area contributed by atoms with Gasteiger partial charge in [-0.05, 0) is 36.2 Å². The van der Waals surface area contributed by atoms with Crippen LogP contribution >= 0.6 is 15.9 Å². The van der Waals surface area contributed by atoms with Crippen molar-refractivity contribution >= 4 is 39.6 Å². The molecule has 2 saturated carbocycles. The average molecular weight is 432 g/mol. The van der Waals surface area contributed by atoms with Crippen molar-refractivity contribution in [3.63, 3.8) is 0 Å². The first-order valence-electron chi connectivity index (χ1n) is 8.62. The minimum Gasteiger partial charge on any atom is -0.502 e. The summed E-state index contributed by atoms with van der Waals surface area (Å²) in [5, 5.41) is 25.9. The Balaban J connectivity index is 1.46. The lowest BCUT2D eigenvalue weighted by atomic mass is 9.85. The molecule has 3 aliphatic carbocycles. The number of halogens is 1. The minimum absolute atomic E-state index is 0.0495. The summed E-state index contributed by atoms with van der Waals surface area (Å²) in [5.41, 5.74) is -0.326. The van der Waals surface area contributed by atoms with Crippen LogP contribution < -0.4 is 0 Å². The van der Waals surface area contributed by atoms with Gasteiger partial charge in [-0.25, -0.2) is 0 Å². The molecule has 0 radical (unpaired) electrons. The van der Waals surface area contributed by atoms with Crippen LogP contribution in [-0.4, -0.2) is 33.1 Å². The van der Waals surface area contributed by atoms with E-state index in [-0.39, 0.29) is 46.5 Å². The van der Waals surface area contributed by atoms with E-state index in [1.165, 1.54) is 12.1 Å². The van der Waals surface area contributed by atoms with E-state index in [0.29, 0.717) is 4.47 Å². The maximum Gasteiger partial charge on any atom is 0.312 e. The number of hydrogen-bond donors (Lipinski definition) is 1. The Kier molecular flexibility index (Phi) is 3.23. The molecule has 138 valence electrons. The number of benzene rings is 1. The monoisotopic (exact) mass is 431 g/mol. The highest BCUT2D eigenvalue weighted by Gasteiger charge is 2.73. The maximum atomic E-state index is 12.8. The predicted octanol–water partition coefficient (Wildman–Crippen LogP) is 2.59. The molecule has 5 rings (SSSR count). The highest BCUT2D eigenvalue weighted by Crippen LogP contribution is 2.73. The number of amides is 2. The SMILES string of the molecule is O=C1[C@H]2[C@H](C(=O)N1/N=C\c1cc(Br)cc([N+](=O)[O-])c1O)[C@H]1C=C[C@H]2C12CC2. The Morgan fingerprint density at radius 2 is 1.81 bits per heavy atom. The van der Waals surface area contributed by atoms with Gasteiger partial charge < -0.3 is 5.11 Å². The fourth-order valence-corrected chi connectivity index (χ4v) is 5.60. The number of phenolic OH excluding ortho intramolecular Hbond substituents is 1. The van der Waals surface area contributed by atoms with Gasteiger partial charge in [0.05, 0.1) is 23.0 Å². The number of nitro benzene ring substituents is 1. The summed E-state index contributed by atoms with van der Waals surface area (Å²) in [5.74, 6) is -1.74. The van der Waals surface area contributed by atoms with Crippen LogP contribution in [0.25, 0.3) is 0 Å². The number of phenols is 1. The number of nitro groups is 1. The van der Waals surface area contributed by atoms with Gasteiger partial charge >= 0.3 is 5.69 Å². The molecule has 1 heterocycles. The second-order valence-corrected chi connectivity index (χ2v) is 8.49. The smallest absolute Gasteiger partial charge is 0.312 e. The van der Waals surface area contributed by atoms with Gasteiger partial charge in [0.25, 0.3) is 11.8 Å². The molecule has 9 heteroatoms. The lowest BCUT2D eigenvalue weighted by molar-refractivity contribution is -0.385. The predicted molar refractivity (Wildman–Crippen MR) is 96.7 cm³/mol. The lowest BCUT2D eigenvalue weighted by Gasteiger charge is -2.18. The van der Waals surface area contributed by atoms with Crippen LogP contribution in [0.15, 0.2) is 33.9 Å². The normalized spacial score (nSPS) is 32.1. The van der Waals surface area contributed by atoms with Crippen LogP contribution in [0.3, 0.4) is 0 Å². The molecular formula is C18H14BrN3O5. The topological polar surface area (TPSA) is 113 Å². The molecule has 2 bridgehead atoms. The summed E-state index contributed by atoms with van der Waals surface area (Å²) >= 11 is 3.14. The number of rotatable bonds is 3. The van der Waals surface area contributed by atoms with Gasteiger partial charge in [0, 0.05) is 16.1 Å².